The van der Waals surface area contributed by atoms with Crippen molar-refractivity contribution in [1.29, 1.82) is 5.26 Å². The number of carbonyl (C=O) groups excluding carboxylic acids is 3. The van der Waals surface area contributed by atoms with E-state index in [1.54, 1.807) is 26.0 Å². The summed E-state index contributed by atoms with van der Waals surface area (Å²) >= 11 is 0. The fourth-order valence-corrected chi connectivity index (χ4v) is 2.33. The largest absolute Gasteiger partial charge is 0.497 e. The Morgan fingerprint density at radius 3 is 2.10 bits per heavy atom. The number of amides is 1. The molecule has 1 aromatic rings. The van der Waals surface area contributed by atoms with Crippen LogP contribution in [0.1, 0.15) is 31.1 Å². The zero-order valence-corrected chi connectivity index (χ0v) is 17.1. The van der Waals surface area contributed by atoms with Crippen molar-refractivity contribution in [3.63, 3.8) is 0 Å². The second-order valence-corrected chi connectivity index (χ2v) is 6.50. The molecule has 156 valence electrons. The smallest absolute Gasteiger partial charge is 0.329 e. The van der Waals surface area contributed by atoms with Gasteiger partial charge in [-0.25, -0.2) is 4.79 Å². The number of rotatable bonds is 9. The van der Waals surface area contributed by atoms with Crippen molar-refractivity contribution in [3.8, 4) is 17.6 Å². The number of ketones is 1. The molecule has 3 N–H and O–H groups in total. The third-order valence-electron chi connectivity index (χ3n) is 3.95. The summed E-state index contributed by atoms with van der Waals surface area (Å²) in [6.45, 7) is 4.18. The number of nitriles is 1. The number of nitrogens with one attached hydrogen (secondary N) is 1. The quantitative estimate of drug-likeness (QED) is 0.357. The molecule has 9 heteroatoms. The number of nitrogens with two attached hydrogens (primary N) is 1. The van der Waals surface area contributed by atoms with Crippen LogP contribution in [0.25, 0.3) is 0 Å². The molecule has 0 fully saturated rings. The summed E-state index contributed by atoms with van der Waals surface area (Å²) in [4.78, 5) is 37.0. The minimum atomic E-state index is -1.01. The molecular weight excluding hydrogens is 378 g/mol. The second kappa shape index (κ2) is 10.7. The van der Waals surface area contributed by atoms with E-state index < -0.39 is 30.3 Å². The first kappa shape index (κ1) is 23.5. The van der Waals surface area contributed by atoms with Crippen molar-refractivity contribution >= 4 is 17.7 Å². The summed E-state index contributed by atoms with van der Waals surface area (Å²) in [5.41, 5.74) is 5.45. The van der Waals surface area contributed by atoms with Crippen LogP contribution < -0.4 is 20.5 Å². The van der Waals surface area contributed by atoms with Crippen LogP contribution >= 0.6 is 0 Å². The lowest BCUT2D eigenvalue weighted by Gasteiger charge is -2.21. The van der Waals surface area contributed by atoms with Gasteiger partial charge in [-0.2, -0.15) is 5.26 Å². The molecule has 1 amide bonds. The number of methoxy groups -OCH3 is 2. The summed E-state index contributed by atoms with van der Waals surface area (Å²) in [6.07, 6.45) is 0. The van der Waals surface area contributed by atoms with Crippen LogP contribution in [-0.4, -0.2) is 44.5 Å². The summed E-state index contributed by atoms with van der Waals surface area (Å²) in [5.74, 6) is -1.56. The van der Waals surface area contributed by atoms with E-state index in [4.69, 9.17) is 25.2 Å². The van der Waals surface area contributed by atoms with Crippen LogP contribution in [0.15, 0.2) is 29.5 Å². The minimum absolute atomic E-state index is 0.0363. The zero-order chi connectivity index (χ0) is 22.1. The van der Waals surface area contributed by atoms with E-state index in [2.05, 4.69) is 5.32 Å². The molecule has 0 saturated carbocycles. The van der Waals surface area contributed by atoms with Crippen LogP contribution in [0.2, 0.25) is 0 Å². The Hall–Kier alpha value is -3.54. The Bertz CT molecular complexity index is 828. The number of hydrogen-bond donors (Lipinski definition) is 2. The lowest BCUT2D eigenvalue weighted by Crippen LogP contribution is -2.45. The predicted octanol–water partition coefficient (Wildman–Crippen LogP) is 1.33. The van der Waals surface area contributed by atoms with E-state index in [1.807, 2.05) is 0 Å². The Morgan fingerprint density at radius 2 is 1.69 bits per heavy atom. The average Bonchev–Trinajstić information content (AvgIpc) is 2.69. The van der Waals surface area contributed by atoms with Crippen molar-refractivity contribution in [2.45, 2.75) is 26.8 Å². The number of hydrogen-bond acceptors (Lipinski definition) is 8. The predicted molar refractivity (Wildman–Crippen MR) is 104 cm³/mol. The van der Waals surface area contributed by atoms with Crippen LogP contribution in [0.3, 0.4) is 0 Å². The van der Waals surface area contributed by atoms with E-state index in [0.717, 1.165) is 0 Å². The SMILES string of the molecule is COc1cc(OC)cc(C(=O)NC(C(=O)OCC(=O)/C(C#N)=C(\C)N)C(C)C)c1. The van der Waals surface area contributed by atoms with Gasteiger partial charge in [0.2, 0.25) is 5.78 Å². The molecule has 1 atom stereocenters. The van der Waals surface area contributed by atoms with Gasteiger partial charge in [0, 0.05) is 17.3 Å². The molecule has 0 aromatic heterocycles. The van der Waals surface area contributed by atoms with Crippen molar-refractivity contribution in [3.05, 3.63) is 35.0 Å². The van der Waals surface area contributed by atoms with E-state index in [9.17, 15) is 14.4 Å². The number of allylic oxidation sites excluding steroid dienone is 1. The van der Waals surface area contributed by atoms with Gasteiger partial charge in [-0.15, -0.1) is 0 Å². The summed E-state index contributed by atoms with van der Waals surface area (Å²) in [5, 5.41) is 11.5. The van der Waals surface area contributed by atoms with Crippen molar-refractivity contribution in [2.24, 2.45) is 11.7 Å². The first-order valence-corrected chi connectivity index (χ1v) is 8.74. The lowest BCUT2D eigenvalue weighted by molar-refractivity contribution is -0.150. The molecule has 0 spiro atoms. The number of nitrogens with zero attached hydrogens (tertiary/aromatic N) is 1. The average molecular weight is 403 g/mol. The highest BCUT2D eigenvalue weighted by Crippen LogP contribution is 2.22. The molecule has 0 aliphatic heterocycles. The number of Topliss-reactive ketones (excluding diaryl/α,β-unsaturated/α-hetero) is 1. The van der Waals surface area contributed by atoms with Gasteiger partial charge in [-0.1, -0.05) is 13.8 Å². The topological polar surface area (TPSA) is 141 Å². The molecule has 0 heterocycles. The van der Waals surface area contributed by atoms with Gasteiger partial charge in [0.25, 0.3) is 5.91 Å². The Labute approximate surface area is 169 Å². The normalized spacial score (nSPS) is 12.3. The Kier molecular flexibility index (Phi) is 8.68. The van der Waals surface area contributed by atoms with Gasteiger partial charge >= 0.3 is 5.97 Å². The maximum atomic E-state index is 12.6. The minimum Gasteiger partial charge on any atom is -0.497 e. The molecule has 0 aliphatic carbocycles. The Balaban J connectivity index is 2.92. The molecule has 1 rings (SSSR count). The van der Waals surface area contributed by atoms with Crippen LogP contribution in [0.4, 0.5) is 0 Å². The number of benzene rings is 1. The molecule has 0 bridgehead atoms. The Morgan fingerprint density at radius 1 is 1.14 bits per heavy atom. The molecule has 1 unspecified atom stereocenters. The van der Waals surface area contributed by atoms with Crippen molar-refractivity contribution in [1.82, 2.24) is 5.32 Å². The molecule has 29 heavy (non-hydrogen) atoms. The number of esters is 1. The van der Waals surface area contributed by atoms with Gasteiger partial charge < -0.3 is 25.3 Å². The van der Waals surface area contributed by atoms with Gasteiger partial charge in [0.1, 0.15) is 29.2 Å². The maximum Gasteiger partial charge on any atom is 0.329 e. The van der Waals surface area contributed by atoms with Crippen molar-refractivity contribution in [2.75, 3.05) is 20.8 Å². The lowest BCUT2D eigenvalue weighted by atomic mass is 10.0. The standard InChI is InChI=1S/C20H25N3O6/c1-11(2)18(20(26)29-10-17(24)16(9-21)12(3)22)23-19(25)13-6-14(27-4)8-15(7-13)28-5/h6-8,11,18H,10,22H2,1-5H3,(H,23,25)/b16-12+. The summed E-state index contributed by atoms with van der Waals surface area (Å²) in [7, 11) is 2.91. The molecule has 1 aromatic carbocycles. The highest BCUT2D eigenvalue weighted by molar-refractivity contribution is 6.02. The third kappa shape index (κ3) is 6.53. The summed E-state index contributed by atoms with van der Waals surface area (Å²) in [6, 6.07) is 5.26. The number of ether oxygens (including phenoxy) is 3. The van der Waals surface area contributed by atoms with Crippen LogP contribution in [0.5, 0.6) is 11.5 Å². The third-order valence-corrected chi connectivity index (χ3v) is 3.95. The van der Waals surface area contributed by atoms with Gasteiger partial charge in [0.05, 0.1) is 14.2 Å². The highest BCUT2D eigenvalue weighted by atomic mass is 16.5. The highest BCUT2D eigenvalue weighted by Gasteiger charge is 2.27. The first-order valence-electron chi connectivity index (χ1n) is 8.74. The molecule has 0 aliphatic rings. The van der Waals surface area contributed by atoms with Crippen LogP contribution in [-0.2, 0) is 14.3 Å². The van der Waals surface area contributed by atoms with Gasteiger partial charge in [-0.3, -0.25) is 9.59 Å². The first-order chi connectivity index (χ1) is 13.6. The van der Waals surface area contributed by atoms with Crippen LogP contribution in [0, 0.1) is 17.2 Å². The fourth-order valence-electron chi connectivity index (χ4n) is 2.33. The molecule has 9 nitrogen and oxygen atoms in total. The van der Waals surface area contributed by atoms with E-state index >= 15 is 0 Å². The van der Waals surface area contributed by atoms with E-state index in [-0.39, 0.29) is 22.8 Å². The summed E-state index contributed by atoms with van der Waals surface area (Å²) < 4.78 is 15.3. The molecule has 0 radical (unpaired) electrons. The number of carbonyl (C=O) groups is 3. The van der Waals surface area contributed by atoms with E-state index in [1.165, 1.54) is 33.3 Å². The maximum absolute atomic E-state index is 12.6. The molecular formula is C20H25N3O6. The zero-order valence-electron chi connectivity index (χ0n) is 17.1. The fraction of sp³-hybridized carbons (Fsp3) is 0.400. The molecule has 0 saturated heterocycles. The van der Waals surface area contributed by atoms with Crippen molar-refractivity contribution < 1.29 is 28.6 Å². The monoisotopic (exact) mass is 403 g/mol. The van der Waals surface area contributed by atoms with E-state index in [0.29, 0.717) is 11.5 Å². The second-order valence-electron chi connectivity index (χ2n) is 6.50. The van der Waals surface area contributed by atoms with Gasteiger partial charge in [-0.05, 0) is 25.0 Å². The van der Waals surface area contributed by atoms with Gasteiger partial charge in [0.15, 0.2) is 6.61 Å².